The SMILES string of the molecule is CCN(CC)CCNC(=O)CN1CCN(c2ccccc2)C1=O. The summed E-state index contributed by atoms with van der Waals surface area (Å²) in [7, 11) is 0. The van der Waals surface area contributed by atoms with Crippen LogP contribution >= 0.6 is 0 Å². The van der Waals surface area contributed by atoms with Gasteiger partial charge in [0, 0.05) is 31.9 Å². The van der Waals surface area contributed by atoms with Crippen molar-refractivity contribution in [1.29, 1.82) is 0 Å². The Morgan fingerprint density at radius 1 is 1.17 bits per heavy atom. The standard InChI is InChI=1S/C17H26N4O2/c1-3-19(4-2)11-10-18-16(22)14-20-12-13-21(17(20)23)15-8-6-5-7-9-15/h5-9H,3-4,10-14H2,1-2H3,(H,18,22). The molecule has 2 rings (SSSR count). The molecule has 0 atom stereocenters. The topological polar surface area (TPSA) is 55.9 Å². The van der Waals surface area contributed by atoms with Crippen LogP contribution in [0, 0.1) is 0 Å². The van der Waals surface area contributed by atoms with Crippen LogP contribution in [0.3, 0.4) is 0 Å². The van der Waals surface area contributed by atoms with E-state index in [2.05, 4.69) is 24.1 Å². The monoisotopic (exact) mass is 318 g/mol. The molecule has 1 aliphatic heterocycles. The lowest BCUT2D eigenvalue weighted by molar-refractivity contribution is -0.121. The smallest absolute Gasteiger partial charge is 0.325 e. The summed E-state index contributed by atoms with van der Waals surface area (Å²) in [5.41, 5.74) is 0.877. The minimum absolute atomic E-state index is 0.0968. The van der Waals surface area contributed by atoms with Crippen LogP contribution in [0.15, 0.2) is 30.3 Å². The molecule has 0 aliphatic carbocycles. The molecule has 0 bridgehead atoms. The molecule has 0 aromatic heterocycles. The van der Waals surface area contributed by atoms with Gasteiger partial charge in [-0.3, -0.25) is 9.69 Å². The van der Waals surface area contributed by atoms with Gasteiger partial charge in [0.05, 0.1) is 0 Å². The minimum atomic E-state index is -0.102. The molecule has 0 spiro atoms. The molecule has 6 nitrogen and oxygen atoms in total. The Morgan fingerprint density at radius 3 is 2.52 bits per heavy atom. The maximum Gasteiger partial charge on any atom is 0.325 e. The van der Waals surface area contributed by atoms with Crippen molar-refractivity contribution in [3.63, 3.8) is 0 Å². The predicted octanol–water partition coefficient (Wildman–Crippen LogP) is 1.39. The second-order valence-electron chi connectivity index (χ2n) is 5.57. The summed E-state index contributed by atoms with van der Waals surface area (Å²) in [5, 5.41) is 2.89. The van der Waals surface area contributed by atoms with Crippen LogP contribution in [0.1, 0.15) is 13.8 Å². The number of urea groups is 1. The average Bonchev–Trinajstić information content (AvgIpc) is 2.93. The highest BCUT2D eigenvalue weighted by Crippen LogP contribution is 2.19. The van der Waals surface area contributed by atoms with Crippen LogP contribution in [0.5, 0.6) is 0 Å². The van der Waals surface area contributed by atoms with Gasteiger partial charge in [-0.25, -0.2) is 4.79 Å². The van der Waals surface area contributed by atoms with E-state index in [-0.39, 0.29) is 18.5 Å². The number of hydrogen-bond acceptors (Lipinski definition) is 3. The van der Waals surface area contributed by atoms with Gasteiger partial charge in [-0.1, -0.05) is 32.0 Å². The number of rotatable bonds is 8. The van der Waals surface area contributed by atoms with Crippen molar-refractivity contribution in [1.82, 2.24) is 15.1 Å². The Morgan fingerprint density at radius 2 is 1.87 bits per heavy atom. The molecule has 1 aromatic carbocycles. The first-order valence-corrected chi connectivity index (χ1v) is 8.26. The average molecular weight is 318 g/mol. The summed E-state index contributed by atoms with van der Waals surface area (Å²) in [4.78, 5) is 29.9. The fourth-order valence-electron chi connectivity index (χ4n) is 2.70. The second-order valence-corrected chi connectivity index (χ2v) is 5.57. The lowest BCUT2D eigenvalue weighted by Crippen LogP contribution is -2.42. The van der Waals surface area contributed by atoms with E-state index in [1.165, 1.54) is 0 Å². The zero-order valence-corrected chi connectivity index (χ0v) is 14.0. The van der Waals surface area contributed by atoms with Crippen LogP contribution < -0.4 is 10.2 Å². The molecule has 0 saturated carbocycles. The fourth-order valence-corrected chi connectivity index (χ4v) is 2.70. The number of carbonyl (C=O) groups excluding carboxylic acids is 2. The Labute approximate surface area is 138 Å². The lowest BCUT2D eigenvalue weighted by Gasteiger charge is -2.20. The zero-order chi connectivity index (χ0) is 16.7. The van der Waals surface area contributed by atoms with E-state index in [9.17, 15) is 9.59 Å². The summed E-state index contributed by atoms with van der Waals surface area (Å²) in [6.07, 6.45) is 0. The molecule has 0 unspecified atom stereocenters. The predicted molar refractivity (Wildman–Crippen MR) is 91.6 cm³/mol. The molecule has 3 amide bonds. The zero-order valence-electron chi connectivity index (χ0n) is 14.0. The van der Waals surface area contributed by atoms with Gasteiger partial charge in [-0.05, 0) is 25.2 Å². The molecule has 6 heteroatoms. The number of amides is 3. The van der Waals surface area contributed by atoms with E-state index in [1.807, 2.05) is 30.3 Å². The number of hydrogen-bond donors (Lipinski definition) is 1. The largest absolute Gasteiger partial charge is 0.353 e. The number of anilines is 1. The van der Waals surface area contributed by atoms with E-state index in [4.69, 9.17) is 0 Å². The molecular formula is C17H26N4O2. The minimum Gasteiger partial charge on any atom is -0.353 e. The van der Waals surface area contributed by atoms with Gasteiger partial charge in [0.1, 0.15) is 6.54 Å². The second kappa shape index (κ2) is 8.53. The lowest BCUT2D eigenvalue weighted by atomic mass is 10.3. The maximum absolute atomic E-state index is 12.4. The number of benzene rings is 1. The van der Waals surface area contributed by atoms with Crippen LogP contribution in [0.2, 0.25) is 0 Å². The van der Waals surface area contributed by atoms with Crippen LogP contribution in [-0.4, -0.2) is 67.6 Å². The molecule has 23 heavy (non-hydrogen) atoms. The molecule has 0 radical (unpaired) electrons. The van der Waals surface area contributed by atoms with Gasteiger partial charge < -0.3 is 15.1 Å². The summed E-state index contributed by atoms with van der Waals surface area (Å²) in [5.74, 6) is -0.0968. The fraction of sp³-hybridized carbons (Fsp3) is 0.529. The molecule has 1 N–H and O–H groups in total. The van der Waals surface area contributed by atoms with Crippen molar-refractivity contribution in [3.05, 3.63) is 30.3 Å². The molecule has 1 saturated heterocycles. The normalized spacial score (nSPS) is 14.7. The Balaban J connectivity index is 1.78. The first-order valence-electron chi connectivity index (χ1n) is 8.26. The van der Waals surface area contributed by atoms with Crippen LogP contribution in [-0.2, 0) is 4.79 Å². The highest BCUT2D eigenvalue weighted by molar-refractivity contribution is 5.96. The van der Waals surface area contributed by atoms with Crippen molar-refractivity contribution < 1.29 is 9.59 Å². The first-order chi connectivity index (χ1) is 11.2. The van der Waals surface area contributed by atoms with Crippen molar-refractivity contribution in [3.8, 4) is 0 Å². The van der Waals surface area contributed by atoms with Gasteiger partial charge in [-0.15, -0.1) is 0 Å². The maximum atomic E-state index is 12.4. The molecule has 1 fully saturated rings. The van der Waals surface area contributed by atoms with E-state index in [1.54, 1.807) is 9.80 Å². The van der Waals surface area contributed by atoms with Crippen molar-refractivity contribution in [2.24, 2.45) is 0 Å². The molecular weight excluding hydrogens is 292 g/mol. The Kier molecular flexibility index (Phi) is 6.40. The van der Waals surface area contributed by atoms with Crippen molar-refractivity contribution >= 4 is 17.6 Å². The molecule has 126 valence electrons. The summed E-state index contributed by atoms with van der Waals surface area (Å²) in [6, 6.07) is 9.45. The number of para-hydroxylation sites is 1. The number of nitrogens with zero attached hydrogens (tertiary/aromatic N) is 3. The third-order valence-electron chi connectivity index (χ3n) is 4.14. The van der Waals surface area contributed by atoms with E-state index >= 15 is 0 Å². The summed E-state index contributed by atoms with van der Waals surface area (Å²) >= 11 is 0. The summed E-state index contributed by atoms with van der Waals surface area (Å²) in [6.45, 7) is 8.94. The Hall–Kier alpha value is -2.08. The third kappa shape index (κ3) is 4.69. The highest BCUT2D eigenvalue weighted by atomic mass is 16.2. The van der Waals surface area contributed by atoms with Gasteiger partial charge in [0.2, 0.25) is 5.91 Å². The highest BCUT2D eigenvalue weighted by Gasteiger charge is 2.30. The van der Waals surface area contributed by atoms with Crippen LogP contribution in [0.4, 0.5) is 10.5 Å². The van der Waals surface area contributed by atoms with E-state index in [0.717, 1.165) is 25.3 Å². The summed E-state index contributed by atoms with van der Waals surface area (Å²) < 4.78 is 0. The van der Waals surface area contributed by atoms with E-state index in [0.29, 0.717) is 19.6 Å². The number of carbonyl (C=O) groups is 2. The quantitative estimate of drug-likeness (QED) is 0.788. The third-order valence-corrected chi connectivity index (χ3v) is 4.14. The first kappa shape index (κ1) is 17.3. The van der Waals surface area contributed by atoms with E-state index < -0.39 is 0 Å². The molecule has 1 heterocycles. The van der Waals surface area contributed by atoms with Gasteiger partial charge >= 0.3 is 6.03 Å². The van der Waals surface area contributed by atoms with Gasteiger partial charge in [0.25, 0.3) is 0 Å². The number of likely N-dealkylation sites (N-methyl/N-ethyl adjacent to an activating group) is 1. The Bertz CT molecular complexity index is 517. The molecule has 1 aliphatic rings. The van der Waals surface area contributed by atoms with Gasteiger partial charge in [-0.2, -0.15) is 0 Å². The van der Waals surface area contributed by atoms with Crippen molar-refractivity contribution in [2.75, 3.05) is 50.7 Å². The van der Waals surface area contributed by atoms with Gasteiger partial charge in [0.15, 0.2) is 0 Å². The van der Waals surface area contributed by atoms with Crippen molar-refractivity contribution in [2.45, 2.75) is 13.8 Å². The van der Waals surface area contributed by atoms with Crippen LogP contribution in [0.25, 0.3) is 0 Å². The number of nitrogens with one attached hydrogen (secondary N) is 1. The molecule has 1 aromatic rings.